The maximum Gasteiger partial charge on any atom is 0.322 e. The summed E-state index contributed by atoms with van der Waals surface area (Å²) in [5.74, 6) is 2.65. The molecule has 4 unspecified atom stereocenters. The summed E-state index contributed by atoms with van der Waals surface area (Å²) in [5, 5.41) is 15.4. The second kappa shape index (κ2) is 11.5. The first-order valence-electron chi connectivity index (χ1n) is 17.6. The van der Waals surface area contributed by atoms with Crippen molar-refractivity contribution in [2.45, 2.75) is 143 Å². The fourth-order valence-electron chi connectivity index (χ4n) is 12.7. The number of allylic oxidation sites excluding steroid dienone is 1. The highest BCUT2D eigenvalue weighted by atomic mass is 16.4. The molecule has 0 bridgehead atoms. The molecule has 0 aromatic rings. The van der Waals surface area contributed by atoms with Gasteiger partial charge in [-0.2, -0.15) is 0 Å². The summed E-state index contributed by atoms with van der Waals surface area (Å²) in [5.41, 5.74) is 3.41. The van der Waals surface area contributed by atoms with E-state index in [1.165, 1.54) is 76.2 Å². The quantitative estimate of drug-likeness (QED) is 0.179. The fraction of sp³-hybridized carbons (Fsp3) is 0.892. The fourth-order valence-corrected chi connectivity index (χ4v) is 12.7. The topological polar surface area (TPSA) is 78.4 Å². The van der Waals surface area contributed by atoms with Gasteiger partial charge in [0.1, 0.15) is 6.54 Å². The monoisotopic (exact) mass is 582 g/mol. The van der Waals surface area contributed by atoms with Crippen LogP contribution in [0.4, 0.5) is 0 Å². The molecule has 0 radical (unpaired) electrons. The molecule has 3 N–H and O–H groups in total. The maximum absolute atomic E-state index is 11.9. The van der Waals surface area contributed by atoms with E-state index >= 15 is 0 Å². The average Bonchev–Trinajstić information content (AvgIpc) is 3.29. The summed E-state index contributed by atoms with van der Waals surface area (Å²) in [6.45, 7) is 21.0. The van der Waals surface area contributed by atoms with Gasteiger partial charge in [0.25, 0.3) is 0 Å². The normalized spacial score (nSPS) is 43.8. The van der Waals surface area contributed by atoms with Crippen LogP contribution in [0.15, 0.2) is 12.2 Å². The summed E-state index contributed by atoms with van der Waals surface area (Å²) < 4.78 is 0. The van der Waals surface area contributed by atoms with Gasteiger partial charge in [0.2, 0.25) is 5.91 Å². The standard InChI is InChI=1S/C37H62N2O3/c1-25(2)26-15-20-37(39-23-10-8-9-12-30(40)38-24-31(41)42)22-21-35(6)27(32(26)37)13-14-29-34(5)18-11-17-33(3,4)28(34)16-19-36(29,35)7/h26-29,32,39H,1,8-24H2,2-7H3,(H,38,40)(H,41,42)/t26-,27?,28?,29?,32?,34-,35+,36+,37-/m0/s1. The van der Waals surface area contributed by atoms with E-state index in [1.807, 2.05) is 0 Å². The smallest absolute Gasteiger partial charge is 0.322 e. The Bertz CT molecular complexity index is 1050. The van der Waals surface area contributed by atoms with Crippen molar-refractivity contribution in [2.24, 2.45) is 51.2 Å². The summed E-state index contributed by atoms with van der Waals surface area (Å²) in [6, 6.07) is 0. The summed E-state index contributed by atoms with van der Waals surface area (Å²) >= 11 is 0. The largest absolute Gasteiger partial charge is 0.480 e. The van der Waals surface area contributed by atoms with Crippen LogP contribution >= 0.6 is 0 Å². The third kappa shape index (κ3) is 5.20. The lowest BCUT2D eigenvalue weighted by Gasteiger charge is -2.72. The molecule has 5 nitrogen and oxygen atoms in total. The zero-order chi connectivity index (χ0) is 30.6. The van der Waals surface area contributed by atoms with Gasteiger partial charge < -0.3 is 15.7 Å². The number of rotatable bonds is 10. The molecule has 0 saturated heterocycles. The Labute approximate surface area is 256 Å². The first-order valence-corrected chi connectivity index (χ1v) is 17.6. The molecule has 5 saturated carbocycles. The van der Waals surface area contributed by atoms with Crippen molar-refractivity contribution in [1.82, 2.24) is 10.6 Å². The van der Waals surface area contributed by atoms with Gasteiger partial charge in [0, 0.05) is 12.0 Å². The van der Waals surface area contributed by atoms with Gasteiger partial charge in [-0.15, -0.1) is 0 Å². The van der Waals surface area contributed by atoms with E-state index in [0.717, 1.165) is 43.6 Å². The molecular formula is C37H62N2O3. The van der Waals surface area contributed by atoms with Crippen molar-refractivity contribution >= 4 is 11.9 Å². The van der Waals surface area contributed by atoms with Crippen LogP contribution in [0.1, 0.15) is 138 Å². The molecule has 5 aliphatic carbocycles. The van der Waals surface area contributed by atoms with Gasteiger partial charge in [-0.3, -0.25) is 9.59 Å². The van der Waals surface area contributed by atoms with Crippen molar-refractivity contribution in [2.75, 3.05) is 13.1 Å². The van der Waals surface area contributed by atoms with E-state index in [9.17, 15) is 9.59 Å². The van der Waals surface area contributed by atoms with Gasteiger partial charge in [-0.25, -0.2) is 0 Å². The van der Waals surface area contributed by atoms with Gasteiger partial charge in [0.15, 0.2) is 0 Å². The summed E-state index contributed by atoms with van der Waals surface area (Å²) in [4.78, 5) is 22.6. The minimum absolute atomic E-state index is 0.153. The van der Waals surface area contributed by atoms with E-state index in [1.54, 1.807) is 0 Å². The Morgan fingerprint density at radius 1 is 0.833 bits per heavy atom. The Morgan fingerprint density at radius 2 is 1.60 bits per heavy atom. The summed E-state index contributed by atoms with van der Waals surface area (Å²) in [7, 11) is 0. The van der Waals surface area contributed by atoms with Crippen LogP contribution < -0.4 is 10.6 Å². The molecule has 9 atom stereocenters. The average molecular weight is 583 g/mol. The number of aliphatic carboxylic acids is 1. The van der Waals surface area contributed by atoms with Crippen LogP contribution in [0.2, 0.25) is 0 Å². The Balaban J connectivity index is 1.29. The molecule has 238 valence electrons. The number of carbonyl (C=O) groups is 2. The number of fused-ring (bicyclic) bond motifs is 7. The van der Waals surface area contributed by atoms with Gasteiger partial charge in [-0.1, -0.05) is 59.6 Å². The minimum Gasteiger partial charge on any atom is -0.480 e. The Hall–Kier alpha value is -1.36. The zero-order valence-corrected chi connectivity index (χ0v) is 27.9. The van der Waals surface area contributed by atoms with E-state index < -0.39 is 5.97 Å². The SMILES string of the molecule is C=C(C)[C@@H]1CC[C@]2(NCCCCCC(=O)NCC(=O)O)CC[C@]3(C)C(CCC4[C@@]5(C)CCCC(C)(C)C5CC[C@]43C)C12. The van der Waals surface area contributed by atoms with E-state index in [0.29, 0.717) is 39.9 Å². The molecular weight excluding hydrogens is 520 g/mol. The molecule has 0 heterocycles. The zero-order valence-electron chi connectivity index (χ0n) is 27.9. The number of amides is 1. The number of hydrogen-bond acceptors (Lipinski definition) is 3. The molecule has 42 heavy (non-hydrogen) atoms. The number of carbonyl (C=O) groups excluding carboxylic acids is 1. The van der Waals surface area contributed by atoms with Crippen LogP contribution in [0.25, 0.3) is 0 Å². The molecule has 0 aromatic heterocycles. The van der Waals surface area contributed by atoms with Crippen LogP contribution in [0.3, 0.4) is 0 Å². The van der Waals surface area contributed by atoms with E-state index in [-0.39, 0.29) is 18.0 Å². The molecule has 0 spiro atoms. The lowest BCUT2D eigenvalue weighted by Crippen LogP contribution is -2.68. The summed E-state index contributed by atoms with van der Waals surface area (Å²) in [6.07, 6.45) is 18.4. The van der Waals surface area contributed by atoms with Crippen LogP contribution in [0.5, 0.6) is 0 Å². The van der Waals surface area contributed by atoms with E-state index in [2.05, 4.69) is 58.8 Å². The molecule has 0 aromatic carbocycles. The van der Waals surface area contributed by atoms with Crippen molar-refractivity contribution < 1.29 is 14.7 Å². The van der Waals surface area contributed by atoms with Crippen LogP contribution in [-0.2, 0) is 9.59 Å². The van der Waals surface area contributed by atoms with E-state index in [4.69, 9.17) is 5.11 Å². The predicted octanol–water partition coefficient (Wildman–Crippen LogP) is 8.14. The number of hydrogen-bond donors (Lipinski definition) is 3. The lowest BCUT2D eigenvalue weighted by atomic mass is 9.33. The van der Waals surface area contributed by atoms with Crippen molar-refractivity contribution in [3.8, 4) is 0 Å². The highest BCUT2D eigenvalue weighted by Gasteiger charge is 2.70. The molecule has 5 heteroatoms. The van der Waals surface area contributed by atoms with Crippen LogP contribution in [-0.4, -0.2) is 35.6 Å². The Morgan fingerprint density at radius 3 is 2.31 bits per heavy atom. The predicted molar refractivity (Wildman–Crippen MR) is 171 cm³/mol. The highest BCUT2D eigenvalue weighted by molar-refractivity contribution is 5.80. The second-order valence-electron chi connectivity index (χ2n) is 17.1. The lowest BCUT2D eigenvalue weighted by molar-refractivity contribution is -0.231. The van der Waals surface area contributed by atoms with Gasteiger partial charge >= 0.3 is 5.97 Å². The minimum atomic E-state index is -0.989. The van der Waals surface area contributed by atoms with Gasteiger partial charge in [-0.05, 0) is 142 Å². The van der Waals surface area contributed by atoms with Crippen molar-refractivity contribution in [3.63, 3.8) is 0 Å². The molecule has 5 rings (SSSR count). The van der Waals surface area contributed by atoms with Gasteiger partial charge in [0.05, 0.1) is 0 Å². The molecule has 0 aliphatic heterocycles. The molecule has 1 amide bonds. The third-order valence-corrected chi connectivity index (χ3v) is 14.8. The second-order valence-corrected chi connectivity index (χ2v) is 17.1. The molecule has 5 fully saturated rings. The number of carboxylic acids is 1. The first-order chi connectivity index (χ1) is 19.7. The highest BCUT2D eigenvalue weighted by Crippen LogP contribution is 2.76. The van der Waals surface area contributed by atoms with Crippen molar-refractivity contribution in [3.05, 3.63) is 12.2 Å². The van der Waals surface area contributed by atoms with Crippen LogP contribution in [0, 0.1) is 51.2 Å². The third-order valence-electron chi connectivity index (χ3n) is 14.8. The first kappa shape index (κ1) is 32.0. The molecule has 5 aliphatic rings. The van der Waals surface area contributed by atoms with Crippen molar-refractivity contribution in [1.29, 1.82) is 0 Å². The number of unbranched alkanes of at least 4 members (excludes halogenated alkanes) is 2. The maximum atomic E-state index is 11.9. The number of nitrogens with one attached hydrogen (secondary N) is 2. The number of carboxylic acid groups (broad SMARTS) is 1. The Kier molecular flexibility index (Phi) is 8.80.